The predicted molar refractivity (Wildman–Crippen MR) is 94.1 cm³/mol. The Labute approximate surface area is 135 Å². The molecule has 0 amide bonds. The van der Waals surface area contributed by atoms with Crippen LogP contribution in [0.4, 0.5) is 5.69 Å². The zero-order valence-electron chi connectivity index (χ0n) is 12.5. The van der Waals surface area contributed by atoms with E-state index in [1.54, 1.807) is 0 Å². The molecule has 1 aromatic carbocycles. The van der Waals surface area contributed by atoms with Gasteiger partial charge in [0.1, 0.15) is 0 Å². The first kappa shape index (κ1) is 15.9. The molecule has 1 aromatic rings. The molecule has 1 saturated heterocycles. The molecule has 4 nitrogen and oxygen atoms in total. The highest BCUT2D eigenvalue weighted by molar-refractivity contribution is 9.10. The van der Waals surface area contributed by atoms with Gasteiger partial charge in [-0.2, -0.15) is 0 Å². The summed E-state index contributed by atoms with van der Waals surface area (Å²) in [5.74, 6) is 0.875. The van der Waals surface area contributed by atoms with Gasteiger partial charge in [0.15, 0.2) is 5.96 Å². The maximum Gasteiger partial charge on any atom is 0.191 e. The lowest BCUT2D eigenvalue weighted by Gasteiger charge is -2.20. The molecule has 1 atom stereocenters. The minimum atomic E-state index is 0.427. The minimum Gasteiger partial charge on any atom is -0.369 e. The summed E-state index contributed by atoms with van der Waals surface area (Å²) in [7, 11) is 0. The van der Waals surface area contributed by atoms with Crippen LogP contribution in [0.5, 0.6) is 0 Å². The van der Waals surface area contributed by atoms with Crippen molar-refractivity contribution >= 4 is 27.6 Å². The maximum absolute atomic E-state index is 4.46. The first-order chi connectivity index (χ1) is 10.2. The van der Waals surface area contributed by atoms with Crippen LogP contribution in [0, 0.1) is 0 Å². The van der Waals surface area contributed by atoms with Crippen LogP contribution >= 0.6 is 15.9 Å². The Morgan fingerprint density at radius 2 is 2.24 bits per heavy atom. The SMILES string of the molecule is C=CCN=C(NCC)NC1CCN(c2ccc(Br)cc2)C1. The van der Waals surface area contributed by atoms with E-state index in [4.69, 9.17) is 0 Å². The molecular weight excluding hydrogens is 328 g/mol. The number of benzene rings is 1. The van der Waals surface area contributed by atoms with Gasteiger partial charge in [0.05, 0.1) is 6.54 Å². The number of guanidine groups is 1. The van der Waals surface area contributed by atoms with Crippen molar-refractivity contribution in [3.8, 4) is 0 Å². The highest BCUT2D eigenvalue weighted by atomic mass is 79.9. The molecule has 114 valence electrons. The topological polar surface area (TPSA) is 39.7 Å². The molecule has 0 bridgehead atoms. The summed E-state index contributed by atoms with van der Waals surface area (Å²) in [4.78, 5) is 6.86. The zero-order chi connectivity index (χ0) is 15.1. The second kappa shape index (κ2) is 8.08. The number of nitrogens with zero attached hydrogens (tertiary/aromatic N) is 2. The average molecular weight is 351 g/mol. The van der Waals surface area contributed by atoms with Gasteiger partial charge in [0.25, 0.3) is 0 Å². The first-order valence-electron chi connectivity index (χ1n) is 7.39. The van der Waals surface area contributed by atoms with Crippen LogP contribution in [0.3, 0.4) is 0 Å². The van der Waals surface area contributed by atoms with Crippen molar-refractivity contribution in [2.45, 2.75) is 19.4 Å². The van der Waals surface area contributed by atoms with Gasteiger partial charge in [0, 0.05) is 35.8 Å². The fourth-order valence-corrected chi connectivity index (χ4v) is 2.70. The fourth-order valence-electron chi connectivity index (χ4n) is 2.43. The van der Waals surface area contributed by atoms with Gasteiger partial charge in [-0.05, 0) is 37.6 Å². The molecule has 5 heteroatoms. The van der Waals surface area contributed by atoms with E-state index in [2.05, 4.69) is 74.2 Å². The van der Waals surface area contributed by atoms with Crippen molar-refractivity contribution in [1.29, 1.82) is 0 Å². The smallest absolute Gasteiger partial charge is 0.191 e. The number of hydrogen-bond donors (Lipinski definition) is 2. The van der Waals surface area contributed by atoms with E-state index in [9.17, 15) is 0 Å². The Morgan fingerprint density at radius 1 is 1.48 bits per heavy atom. The third-order valence-electron chi connectivity index (χ3n) is 3.44. The van der Waals surface area contributed by atoms with Crippen LogP contribution in [0.25, 0.3) is 0 Å². The number of aliphatic imine (C=N–C) groups is 1. The molecule has 0 spiro atoms. The van der Waals surface area contributed by atoms with Gasteiger partial charge in [-0.25, -0.2) is 4.99 Å². The molecule has 0 saturated carbocycles. The lowest BCUT2D eigenvalue weighted by atomic mass is 10.3. The first-order valence-corrected chi connectivity index (χ1v) is 8.18. The monoisotopic (exact) mass is 350 g/mol. The van der Waals surface area contributed by atoms with Crippen molar-refractivity contribution in [2.75, 3.05) is 31.1 Å². The molecule has 2 N–H and O–H groups in total. The van der Waals surface area contributed by atoms with Crippen LogP contribution in [-0.4, -0.2) is 38.2 Å². The van der Waals surface area contributed by atoms with Crippen molar-refractivity contribution in [3.05, 3.63) is 41.4 Å². The summed E-state index contributed by atoms with van der Waals surface area (Å²) in [6.45, 7) is 9.36. The molecule has 0 aromatic heterocycles. The number of nitrogens with one attached hydrogen (secondary N) is 2. The fraction of sp³-hybridized carbons (Fsp3) is 0.438. The molecule has 21 heavy (non-hydrogen) atoms. The minimum absolute atomic E-state index is 0.427. The van der Waals surface area contributed by atoms with E-state index in [1.807, 2.05) is 6.08 Å². The zero-order valence-corrected chi connectivity index (χ0v) is 14.1. The molecule has 1 fully saturated rings. The van der Waals surface area contributed by atoms with E-state index >= 15 is 0 Å². The van der Waals surface area contributed by atoms with Crippen LogP contribution in [0.1, 0.15) is 13.3 Å². The molecule has 2 rings (SSSR count). The number of anilines is 1. The number of hydrogen-bond acceptors (Lipinski definition) is 2. The van der Waals surface area contributed by atoms with Gasteiger partial charge in [-0.1, -0.05) is 22.0 Å². The summed E-state index contributed by atoms with van der Waals surface area (Å²) in [6.07, 6.45) is 2.93. The molecular formula is C16H23BrN4. The summed E-state index contributed by atoms with van der Waals surface area (Å²) < 4.78 is 1.12. The third kappa shape index (κ3) is 4.77. The summed E-state index contributed by atoms with van der Waals surface area (Å²) in [5, 5.41) is 6.78. The average Bonchev–Trinajstić information content (AvgIpc) is 2.94. The Kier molecular flexibility index (Phi) is 6.11. The largest absolute Gasteiger partial charge is 0.369 e. The quantitative estimate of drug-likeness (QED) is 0.487. The van der Waals surface area contributed by atoms with Crippen molar-refractivity contribution in [1.82, 2.24) is 10.6 Å². The summed E-state index contributed by atoms with van der Waals surface area (Å²) >= 11 is 3.48. The van der Waals surface area contributed by atoms with Crippen LogP contribution in [-0.2, 0) is 0 Å². The van der Waals surface area contributed by atoms with E-state index in [1.165, 1.54) is 5.69 Å². The van der Waals surface area contributed by atoms with Gasteiger partial charge >= 0.3 is 0 Å². The predicted octanol–water partition coefficient (Wildman–Crippen LogP) is 2.77. The third-order valence-corrected chi connectivity index (χ3v) is 3.97. The van der Waals surface area contributed by atoms with E-state index in [0.717, 1.165) is 36.5 Å². The summed E-state index contributed by atoms with van der Waals surface area (Å²) in [6, 6.07) is 8.92. The molecule has 1 aliphatic rings. The Morgan fingerprint density at radius 3 is 2.90 bits per heavy atom. The highest BCUT2D eigenvalue weighted by Crippen LogP contribution is 2.22. The molecule has 1 heterocycles. The summed E-state index contributed by atoms with van der Waals surface area (Å²) in [5.41, 5.74) is 1.27. The molecule has 1 unspecified atom stereocenters. The molecule has 0 radical (unpaired) electrons. The molecule has 1 aliphatic heterocycles. The van der Waals surface area contributed by atoms with Gasteiger partial charge in [-0.15, -0.1) is 6.58 Å². The van der Waals surface area contributed by atoms with E-state index in [0.29, 0.717) is 12.6 Å². The van der Waals surface area contributed by atoms with Crippen molar-refractivity contribution in [2.24, 2.45) is 4.99 Å². The van der Waals surface area contributed by atoms with Crippen molar-refractivity contribution in [3.63, 3.8) is 0 Å². The number of rotatable bonds is 5. The Balaban J connectivity index is 1.92. The van der Waals surface area contributed by atoms with Crippen LogP contribution < -0.4 is 15.5 Å². The number of halogens is 1. The van der Waals surface area contributed by atoms with Crippen LogP contribution in [0.15, 0.2) is 46.4 Å². The second-order valence-corrected chi connectivity index (χ2v) is 5.98. The standard InChI is InChI=1S/C16H23BrN4/c1-3-10-19-16(18-4-2)20-14-9-11-21(12-14)15-7-5-13(17)6-8-15/h3,5-8,14H,1,4,9-12H2,2H3,(H2,18,19,20). The Bertz CT molecular complexity index is 484. The lowest BCUT2D eigenvalue weighted by molar-refractivity contribution is 0.651. The van der Waals surface area contributed by atoms with E-state index in [-0.39, 0.29) is 0 Å². The van der Waals surface area contributed by atoms with Gasteiger partial charge in [-0.3, -0.25) is 0 Å². The molecule has 0 aliphatic carbocycles. The highest BCUT2D eigenvalue weighted by Gasteiger charge is 2.23. The maximum atomic E-state index is 4.46. The second-order valence-electron chi connectivity index (χ2n) is 5.06. The van der Waals surface area contributed by atoms with Gasteiger partial charge < -0.3 is 15.5 Å². The lowest BCUT2D eigenvalue weighted by Crippen LogP contribution is -2.44. The van der Waals surface area contributed by atoms with Crippen molar-refractivity contribution < 1.29 is 0 Å². The van der Waals surface area contributed by atoms with Gasteiger partial charge in [0.2, 0.25) is 0 Å². The van der Waals surface area contributed by atoms with Crippen LogP contribution in [0.2, 0.25) is 0 Å². The Hall–Kier alpha value is -1.49. The normalized spacial score (nSPS) is 18.7. The van der Waals surface area contributed by atoms with E-state index < -0.39 is 0 Å².